The van der Waals surface area contributed by atoms with Gasteiger partial charge in [-0.25, -0.2) is 14.1 Å². The third kappa shape index (κ3) is 3.81. The van der Waals surface area contributed by atoms with Crippen molar-refractivity contribution in [3.8, 4) is 0 Å². The number of hydrogen-bond acceptors (Lipinski definition) is 4. The van der Waals surface area contributed by atoms with Crippen LogP contribution in [-0.2, 0) is 17.9 Å². The fourth-order valence-corrected chi connectivity index (χ4v) is 3.68. The lowest BCUT2D eigenvalue weighted by molar-refractivity contribution is -0.124. The Bertz CT molecular complexity index is 1030. The first-order valence-corrected chi connectivity index (χ1v) is 9.55. The minimum absolute atomic E-state index is 0.101. The fourth-order valence-electron chi connectivity index (χ4n) is 3.68. The largest absolute Gasteiger partial charge is 0.354 e. The maximum atomic E-state index is 13.0. The Labute approximate surface area is 161 Å². The normalized spacial score (nSPS) is 14.6. The number of carbonyl (C=O) groups excluding carboxylic acids is 1. The Morgan fingerprint density at radius 2 is 1.96 bits per heavy atom. The quantitative estimate of drug-likeness (QED) is 0.707. The number of amides is 1. The topological polar surface area (TPSA) is 81.8 Å². The molecule has 0 spiro atoms. The van der Waals surface area contributed by atoms with Gasteiger partial charge in [-0.2, -0.15) is 5.10 Å². The van der Waals surface area contributed by atoms with Crippen LogP contribution in [0.15, 0.2) is 41.6 Å². The van der Waals surface area contributed by atoms with Gasteiger partial charge in [0.2, 0.25) is 5.91 Å². The van der Waals surface area contributed by atoms with Gasteiger partial charge in [-0.05, 0) is 30.5 Å². The lowest BCUT2D eigenvalue weighted by atomic mass is 10.1. The number of rotatable bonds is 6. The van der Waals surface area contributed by atoms with Crippen LogP contribution in [0.1, 0.15) is 31.2 Å². The first kappa shape index (κ1) is 18.3. The summed E-state index contributed by atoms with van der Waals surface area (Å²) in [6.07, 6.45) is 7.15. The van der Waals surface area contributed by atoms with Crippen LogP contribution in [0.5, 0.6) is 0 Å². The first-order valence-electron chi connectivity index (χ1n) is 9.55. The van der Waals surface area contributed by atoms with E-state index < -0.39 is 0 Å². The first-order chi connectivity index (χ1) is 13.6. The molecule has 28 heavy (non-hydrogen) atoms. The SMILES string of the molecule is O=C(NCCn1ncc2c(=O)n(Cc3ccc(F)cc3)cnc21)C1CCCC1. The smallest absolute Gasteiger partial charge is 0.264 e. The third-order valence-electron chi connectivity index (χ3n) is 5.24. The van der Waals surface area contributed by atoms with Crippen molar-refractivity contribution in [1.29, 1.82) is 0 Å². The van der Waals surface area contributed by atoms with Gasteiger partial charge in [0.25, 0.3) is 5.56 Å². The molecule has 0 bridgehead atoms. The summed E-state index contributed by atoms with van der Waals surface area (Å²) in [5, 5.41) is 7.62. The molecule has 1 fully saturated rings. The Hall–Kier alpha value is -3.03. The van der Waals surface area contributed by atoms with Gasteiger partial charge in [0.05, 0.1) is 19.3 Å². The van der Waals surface area contributed by atoms with Crippen LogP contribution in [-0.4, -0.2) is 31.8 Å². The summed E-state index contributed by atoms with van der Waals surface area (Å²) in [6, 6.07) is 6.01. The van der Waals surface area contributed by atoms with Crippen molar-refractivity contribution >= 4 is 16.9 Å². The standard InChI is InChI=1S/C20H22FN5O2/c21-16-7-5-14(6-8-16)12-25-13-23-18-17(20(25)28)11-24-26(18)10-9-22-19(27)15-3-1-2-4-15/h5-8,11,13,15H,1-4,9-10,12H2,(H,22,27). The summed E-state index contributed by atoms with van der Waals surface area (Å²) < 4.78 is 16.1. The van der Waals surface area contributed by atoms with E-state index in [0.717, 1.165) is 31.2 Å². The summed E-state index contributed by atoms with van der Waals surface area (Å²) in [4.78, 5) is 29.2. The fraction of sp³-hybridized carbons (Fsp3) is 0.400. The van der Waals surface area contributed by atoms with Crippen molar-refractivity contribution in [3.05, 3.63) is 58.5 Å². The van der Waals surface area contributed by atoms with E-state index in [0.29, 0.717) is 30.7 Å². The summed E-state index contributed by atoms with van der Waals surface area (Å²) in [5.41, 5.74) is 1.11. The molecule has 1 aliphatic rings. The zero-order valence-corrected chi connectivity index (χ0v) is 15.5. The number of fused-ring (bicyclic) bond motifs is 1. The molecule has 1 amide bonds. The van der Waals surface area contributed by atoms with Crippen LogP contribution in [0.25, 0.3) is 11.0 Å². The van der Waals surface area contributed by atoms with Crippen molar-refractivity contribution in [2.45, 2.75) is 38.8 Å². The Morgan fingerprint density at radius 3 is 2.71 bits per heavy atom. The minimum atomic E-state index is -0.314. The molecule has 4 rings (SSSR count). The second-order valence-corrected chi connectivity index (χ2v) is 7.18. The third-order valence-corrected chi connectivity index (χ3v) is 5.24. The zero-order chi connectivity index (χ0) is 19.5. The van der Waals surface area contributed by atoms with Crippen molar-refractivity contribution in [3.63, 3.8) is 0 Å². The van der Waals surface area contributed by atoms with E-state index in [9.17, 15) is 14.0 Å². The molecule has 3 aromatic rings. The van der Waals surface area contributed by atoms with Crippen LogP contribution < -0.4 is 10.9 Å². The zero-order valence-electron chi connectivity index (χ0n) is 15.5. The van der Waals surface area contributed by atoms with Crippen LogP contribution in [0.2, 0.25) is 0 Å². The number of carbonyl (C=O) groups is 1. The Balaban J connectivity index is 1.44. The van der Waals surface area contributed by atoms with E-state index in [-0.39, 0.29) is 23.2 Å². The van der Waals surface area contributed by atoms with Crippen molar-refractivity contribution in [2.24, 2.45) is 5.92 Å². The number of nitrogens with zero attached hydrogens (tertiary/aromatic N) is 4. The average Bonchev–Trinajstić information content (AvgIpc) is 3.36. The van der Waals surface area contributed by atoms with Crippen LogP contribution >= 0.6 is 0 Å². The second-order valence-electron chi connectivity index (χ2n) is 7.18. The van der Waals surface area contributed by atoms with Crippen LogP contribution in [0, 0.1) is 11.7 Å². The highest BCUT2D eigenvalue weighted by Crippen LogP contribution is 2.24. The van der Waals surface area contributed by atoms with E-state index in [1.165, 1.54) is 29.2 Å². The molecule has 1 N–H and O–H groups in total. The maximum absolute atomic E-state index is 13.0. The molecule has 146 valence electrons. The molecule has 0 unspecified atom stereocenters. The molecule has 2 heterocycles. The number of hydrogen-bond donors (Lipinski definition) is 1. The number of halogens is 1. The number of benzene rings is 1. The maximum Gasteiger partial charge on any atom is 0.264 e. The Morgan fingerprint density at radius 1 is 1.21 bits per heavy atom. The molecule has 0 aliphatic heterocycles. The van der Waals surface area contributed by atoms with Gasteiger partial charge in [0.1, 0.15) is 17.5 Å². The second kappa shape index (κ2) is 7.92. The van der Waals surface area contributed by atoms with Crippen molar-refractivity contribution < 1.29 is 9.18 Å². The molecule has 0 atom stereocenters. The van der Waals surface area contributed by atoms with Gasteiger partial charge in [-0.3, -0.25) is 14.2 Å². The van der Waals surface area contributed by atoms with Gasteiger partial charge in [-0.1, -0.05) is 25.0 Å². The molecule has 1 saturated carbocycles. The summed E-state index contributed by atoms with van der Waals surface area (Å²) in [6.45, 7) is 1.22. The van der Waals surface area contributed by atoms with Crippen LogP contribution in [0.3, 0.4) is 0 Å². The predicted molar refractivity (Wildman–Crippen MR) is 102 cm³/mol. The van der Waals surface area contributed by atoms with Crippen molar-refractivity contribution in [1.82, 2.24) is 24.6 Å². The molecular formula is C20H22FN5O2. The Kier molecular flexibility index (Phi) is 5.18. The summed E-state index contributed by atoms with van der Waals surface area (Å²) >= 11 is 0. The molecule has 1 aliphatic carbocycles. The average molecular weight is 383 g/mol. The molecule has 2 aromatic heterocycles. The molecule has 0 saturated heterocycles. The van der Waals surface area contributed by atoms with Crippen LogP contribution in [0.4, 0.5) is 4.39 Å². The highest BCUT2D eigenvalue weighted by Gasteiger charge is 2.22. The van der Waals surface area contributed by atoms with E-state index in [4.69, 9.17) is 0 Å². The number of aromatic nitrogens is 4. The number of nitrogens with one attached hydrogen (secondary N) is 1. The van der Waals surface area contributed by atoms with E-state index in [1.807, 2.05) is 0 Å². The monoisotopic (exact) mass is 383 g/mol. The van der Waals surface area contributed by atoms with E-state index in [1.54, 1.807) is 16.8 Å². The molecule has 0 radical (unpaired) electrons. The lowest BCUT2D eigenvalue weighted by Gasteiger charge is -2.10. The lowest BCUT2D eigenvalue weighted by Crippen LogP contribution is -2.32. The van der Waals surface area contributed by atoms with E-state index >= 15 is 0 Å². The van der Waals surface area contributed by atoms with Gasteiger partial charge in [0.15, 0.2) is 5.65 Å². The highest BCUT2D eigenvalue weighted by atomic mass is 19.1. The van der Waals surface area contributed by atoms with Gasteiger partial charge >= 0.3 is 0 Å². The predicted octanol–water partition coefficient (Wildman–Crippen LogP) is 2.09. The molecule has 1 aromatic carbocycles. The van der Waals surface area contributed by atoms with Crippen molar-refractivity contribution in [2.75, 3.05) is 6.54 Å². The highest BCUT2D eigenvalue weighted by molar-refractivity contribution is 5.78. The molecular weight excluding hydrogens is 361 g/mol. The van der Waals surface area contributed by atoms with Gasteiger partial charge < -0.3 is 5.32 Å². The van der Waals surface area contributed by atoms with Gasteiger partial charge in [0, 0.05) is 12.5 Å². The summed E-state index contributed by atoms with van der Waals surface area (Å²) in [5.74, 6) is -0.0827. The van der Waals surface area contributed by atoms with E-state index in [2.05, 4.69) is 15.4 Å². The molecule has 7 nitrogen and oxygen atoms in total. The molecule has 8 heteroatoms. The summed E-state index contributed by atoms with van der Waals surface area (Å²) in [7, 11) is 0. The van der Waals surface area contributed by atoms with Gasteiger partial charge in [-0.15, -0.1) is 0 Å². The minimum Gasteiger partial charge on any atom is -0.354 e.